The Hall–Kier alpha value is -3.90. The minimum absolute atomic E-state index is 0.0645. The summed E-state index contributed by atoms with van der Waals surface area (Å²) in [4.78, 5) is 23.9. The largest absolute Gasteiger partial charge is 0.497 e. The third-order valence-electron chi connectivity index (χ3n) is 4.91. The predicted octanol–water partition coefficient (Wildman–Crippen LogP) is 3.56. The van der Waals surface area contributed by atoms with Crippen LogP contribution in [-0.4, -0.2) is 47.8 Å². The van der Waals surface area contributed by atoms with E-state index >= 15 is 0 Å². The fourth-order valence-corrected chi connectivity index (χ4v) is 4.92. The predicted molar refractivity (Wildman–Crippen MR) is 132 cm³/mol. The molecule has 0 aliphatic carbocycles. The highest BCUT2D eigenvalue weighted by Crippen LogP contribution is 2.34. The number of amides is 1. The van der Waals surface area contributed by atoms with E-state index in [4.69, 9.17) is 9.47 Å². The molecule has 0 spiro atoms. The number of carboxylic acid groups (broad SMARTS) is 1. The zero-order chi connectivity index (χ0) is 26.8. The number of aryl methyl sites for hydroxylation is 1. The molecule has 0 bridgehead atoms. The Morgan fingerprint density at radius 3 is 2.25 bits per heavy atom. The first-order valence-corrected chi connectivity index (χ1v) is 12.3. The number of carbonyl (C=O) groups excluding carboxylic acids is 1. The lowest BCUT2D eigenvalue weighted by Crippen LogP contribution is -2.40. The number of nitrogens with zero attached hydrogens (tertiary/aromatic N) is 2. The summed E-state index contributed by atoms with van der Waals surface area (Å²) in [6.45, 7) is 6.57. The molecule has 192 valence electrons. The molecular formula is C24H28N4O7S. The second kappa shape index (κ2) is 9.99. The number of ether oxygens (including phenoxy) is 2. The molecule has 12 heteroatoms. The number of nitrogens with one attached hydrogen (secondary N) is 2. The summed E-state index contributed by atoms with van der Waals surface area (Å²) < 4.78 is 41.3. The molecule has 0 radical (unpaired) electrons. The van der Waals surface area contributed by atoms with Gasteiger partial charge in [0.1, 0.15) is 16.4 Å². The summed E-state index contributed by atoms with van der Waals surface area (Å²) in [7, 11) is -1.12. The van der Waals surface area contributed by atoms with Crippen molar-refractivity contribution < 1.29 is 32.6 Å². The number of aromatic carboxylic acids is 1. The van der Waals surface area contributed by atoms with Crippen LogP contribution in [0.25, 0.3) is 0 Å². The zero-order valence-corrected chi connectivity index (χ0v) is 21.6. The van der Waals surface area contributed by atoms with Gasteiger partial charge in [-0.1, -0.05) is 0 Å². The number of carboxylic acids is 1. The number of rotatable bonds is 8. The van der Waals surface area contributed by atoms with Crippen molar-refractivity contribution in [1.82, 2.24) is 14.5 Å². The van der Waals surface area contributed by atoms with Crippen molar-refractivity contribution in [2.75, 3.05) is 12.4 Å². The van der Waals surface area contributed by atoms with E-state index in [1.54, 1.807) is 45.0 Å². The van der Waals surface area contributed by atoms with E-state index in [0.717, 1.165) is 0 Å². The first kappa shape index (κ1) is 26.7. The summed E-state index contributed by atoms with van der Waals surface area (Å²) in [5, 5.41) is 15.9. The zero-order valence-electron chi connectivity index (χ0n) is 20.7. The number of benzene rings is 2. The fourth-order valence-electron chi connectivity index (χ4n) is 3.35. The van der Waals surface area contributed by atoms with Crippen LogP contribution < -0.4 is 19.5 Å². The molecule has 0 unspecified atom stereocenters. The smallest absolute Gasteiger partial charge is 0.356 e. The topological polar surface area (TPSA) is 149 Å². The van der Waals surface area contributed by atoms with Gasteiger partial charge in [0.2, 0.25) is 15.9 Å². The van der Waals surface area contributed by atoms with E-state index < -0.39 is 27.4 Å². The lowest BCUT2D eigenvalue weighted by atomic mass is 10.1. The molecule has 3 N–H and O–H groups in total. The Kier molecular flexibility index (Phi) is 7.41. The van der Waals surface area contributed by atoms with Gasteiger partial charge in [0.25, 0.3) is 5.91 Å². The van der Waals surface area contributed by atoms with E-state index in [2.05, 4.69) is 15.1 Å². The van der Waals surface area contributed by atoms with Crippen LogP contribution in [0.1, 0.15) is 47.2 Å². The van der Waals surface area contributed by atoms with Crippen molar-refractivity contribution in [2.45, 2.75) is 38.1 Å². The van der Waals surface area contributed by atoms with E-state index in [0.29, 0.717) is 11.3 Å². The van der Waals surface area contributed by atoms with Gasteiger partial charge in [-0.15, -0.1) is 0 Å². The lowest BCUT2D eigenvalue weighted by Gasteiger charge is -2.22. The number of hydrogen-bond donors (Lipinski definition) is 3. The monoisotopic (exact) mass is 516 g/mol. The standard InChI is InChI=1S/C24H28N4O7S/c1-14-20(23(30)31)26-28(5)22(14)35-18-12-9-16(13-19(18)36(32,33)27-24(2,3)4)25-21(29)15-7-10-17(34-6)11-8-15/h7-13,27H,1-6H3,(H,25,29)(H,30,31). The number of aromatic nitrogens is 2. The van der Waals surface area contributed by atoms with Crippen LogP contribution in [0.2, 0.25) is 0 Å². The molecule has 3 aromatic rings. The molecule has 11 nitrogen and oxygen atoms in total. The molecule has 0 saturated heterocycles. The maximum absolute atomic E-state index is 13.3. The Balaban J connectivity index is 2.03. The van der Waals surface area contributed by atoms with Crippen molar-refractivity contribution >= 4 is 27.6 Å². The molecule has 0 saturated carbocycles. The van der Waals surface area contributed by atoms with Gasteiger partial charge >= 0.3 is 5.97 Å². The van der Waals surface area contributed by atoms with Gasteiger partial charge < -0.3 is 19.9 Å². The maximum Gasteiger partial charge on any atom is 0.356 e. The lowest BCUT2D eigenvalue weighted by molar-refractivity contribution is 0.0688. The van der Waals surface area contributed by atoms with Crippen molar-refractivity contribution in [1.29, 1.82) is 0 Å². The van der Waals surface area contributed by atoms with Crippen LogP contribution in [0, 0.1) is 6.92 Å². The third kappa shape index (κ3) is 6.01. The second-order valence-electron chi connectivity index (χ2n) is 9.01. The third-order valence-corrected chi connectivity index (χ3v) is 6.69. The van der Waals surface area contributed by atoms with Gasteiger partial charge in [-0.05, 0) is 70.2 Å². The summed E-state index contributed by atoms with van der Waals surface area (Å²) >= 11 is 0. The molecule has 1 aromatic heterocycles. The summed E-state index contributed by atoms with van der Waals surface area (Å²) in [5.74, 6) is -1.11. The molecule has 0 atom stereocenters. The molecule has 3 rings (SSSR count). The summed E-state index contributed by atoms with van der Waals surface area (Å²) in [5.41, 5.74) is -0.232. The van der Waals surface area contributed by atoms with Gasteiger partial charge in [-0.25, -0.2) is 22.6 Å². The summed E-state index contributed by atoms with van der Waals surface area (Å²) in [6, 6.07) is 10.6. The van der Waals surface area contributed by atoms with E-state index in [1.807, 2.05) is 0 Å². The highest BCUT2D eigenvalue weighted by atomic mass is 32.2. The van der Waals surface area contributed by atoms with Gasteiger partial charge in [0.15, 0.2) is 5.69 Å². The van der Waals surface area contributed by atoms with Crippen molar-refractivity contribution in [3.63, 3.8) is 0 Å². The van der Waals surface area contributed by atoms with Crippen molar-refractivity contribution in [3.8, 4) is 17.4 Å². The molecule has 0 aliphatic rings. The Labute approximate surface area is 209 Å². The molecule has 1 heterocycles. The number of sulfonamides is 1. The van der Waals surface area contributed by atoms with E-state index in [9.17, 15) is 23.1 Å². The van der Waals surface area contributed by atoms with E-state index in [1.165, 1.54) is 44.0 Å². The molecule has 1 amide bonds. The van der Waals surface area contributed by atoms with Crippen molar-refractivity contribution in [3.05, 3.63) is 59.3 Å². The molecule has 36 heavy (non-hydrogen) atoms. The average molecular weight is 517 g/mol. The molecule has 0 fully saturated rings. The Morgan fingerprint density at radius 1 is 1.08 bits per heavy atom. The molecular weight excluding hydrogens is 488 g/mol. The van der Waals surface area contributed by atoms with E-state index in [-0.39, 0.29) is 33.5 Å². The molecule has 0 aliphatic heterocycles. The second-order valence-corrected chi connectivity index (χ2v) is 10.7. The minimum Gasteiger partial charge on any atom is -0.497 e. The highest BCUT2D eigenvalue weighted by molar-refractivity contribution is 7.89. The van der Waals surface area contributed by atoms with Gasteiger partial charge in [0, 0.05) is 29.4 Å². The SMILES string of the molecule is COc1ccc(C(=O)Nc2ccc(Oc3c(C)c(C(=O)O)nn3C)c(S(=O)(=O)NC(C)(C)C)c2)cc1. The quantitative estimate of drug-likeness (QED) is 0.411. The van der Waals surface area contributed by atoms with Gasteiger partial charge in [0.05, 0.1) is 7.11 Å². The van der Waals surface area contributed by atoms with Crippen LogP contribution in [0.5, 0.6) is 17.4 Å². The molecule has 2 aromatic carbocycles. The fraction of sp³-hybridized carbons (Fsp3) is 0.292. The Bertz CT molecular complexity index is 1410. The van der Waals surface area contributed by atoms with Crippen molar-refractivity contribution in [2.24, 2.45) is 7.05 Å². The highest BCUT2D eigenvalue weighted by Gasteiger charge is 2.28. The first-order chi connectivity index (χ1) is 16.7. The number of carbonyl (C=O) groups is 2. The normalized spacial score (nSPS) is 11.7. The van der Waals surface area contributed by atoms with Crippen LogP contribution in [0.4, 0.5) is 5.69 Å². The van der Waals surface area contributed by atoms with Crippen LogP contribution in [0.15, 0.2) is 47.4 Å². The van der Waals surface area contributed by atoms with Gasteiger partial charge in [-0.2, -0.15) is 5.10 Å². The maximum atomic E-state index is 13.3. The first-order valence-electron chi connectivity index (χ1n) is 10.8. The van der Waals surface area contributed by atoms with Crippen LogP contribution in [-0.2, 0) is 17.1 Å². The summed E-state index contributed by atoms with van der Waals surface area (Å²) in [6.07, 6.45) is 0. The van der Waals surface area contributed by atoms with Crippen LogP contribution in [0.3, 0.4) is 0 Å². The Morgan fingerprint density at radius 2 is 1.72 bits per heavy atom. The number of methoxy groups -OCH3 is 1. The van der Waals surface area contributed by atoms with Gasteiger partial charge in [-0.3, -0.25) is 4.79 Å². The minimum atomic E-state index is -4.12. The number of hydrogen-bond acceptors (Lipinski definition) is 7. The van der Waals surface area contributed by atoms with Crippen LogP contribution >= 0.6 is 0 Å². The number of anilines is 1. The average Bonchev–Trinajstić information content (AvgIpc) is 3.07.